The summed E-state index contributed by atoms with van der Waals surface area (Å²) in [5, 5.41) is 2.98. The van der Waals surface area contributed by atoms with Crippen LogP contribution in [0.1, 0.15) is 30.9 Å². The van der Waals surface area contributed by atoms with Crippen molar-refractivity contribution in [3.8, 4) is 5.75 Å². The van der Waals surface area contributed by atoms with Gasteiger partial charge in [0.25, 0.3) is 5.91 Å². The van der Waals surface area contributed by atoms with E-state index in [1.165, 1.54) is 11.1 Å². The average molecular weight is 368 g/mol. The topological polar surface area (TPSA) is 50.8 Å². The summed E-state index contributed by atoms with van der Waals surface area (Å²) < 4.78 is 11.1. The maximum Gasteiger partial charge on any atom is 0.262 e. The van der Waals surface area contributed by atoms with Crippen LogP contribution in [0.4, 0.5) is 11.4 Å². The van der Waals surface area contributed by atoms with E-state index in [1.807, 2.05) is 36.4 Å². The van der Waals surface area contributed by atoms with Crippen molar-refractivity contribution in [2.75, 3.05) is 43.1 Å². The maximum absolute atomic E-state index is 12.4. The predicted octanol–water partition coefficient (Wildman–Crippen LogP) is 3.97. The van der Waals surface area contributed by atoms with Gasteiger partial charge in [-0.05, 0) is 48.2 Å². The maximum atomic E-state index is 12.4. The van der Waals surface area contributed by atoms with Crippen LogP contribution in [-0.2, 0) is 9.53 Å². The molecule has 0 radical (unpaired) electrons. The molecule has 0 spiro atoms. The van der Waals surface area contributed by atoms with Gasteiger partial charge in [0.15, 0.2) is 6.61 Å². The van der Waals surface area contributed by atoms with Crippen molar-refractivity contribution in [3.63, 3.8) is 0 Å². The number of anilines is 2. The van der Waals surface area contributed by atoms with E-state index in [-0.39, 0.29) is 12.5 Å². The number of nitrogens with zero attached hydrogens (tertiary/aromatic N) is 1. The minimum Gasteiger partial charge on any atom is -0.484 e. The van der Waals surface area contributed by atoms with Crippen LogP contribution in [-0.4, -0.2) is 38.8 Å². The van der Waals surface area contributed by atoms with Gasteiger partial charge in [0.05, 0.1) is 24.6 Å². The number of rotatable bonds is 6. The molecule has 0 atom stereocenters. The Hall–Kier alpha value is -2.53. The van der Waals surface area contributed by atoms with Crippen molar-refractivity contribution >= 4 is 17.3 Å². The zero-order valence-corrected chi connectivity index (χ0v) is 16.3. The molecule has 1 aliphatic rings. The lowest BCUT2D eigenvalue weighted by Crippen LogP contribution is -2.37. The van der Waals surface area contributed by atoms with E-state index in [4.69, 9.17) is 9.47 Å². The summed E-state index contributed by atoms with van der Waals surface area (Å²) in [6.45, 7) is 9.45. The molecule has 1 aliphatic heterocycles. The summed E-state index contributed by atoms with van der Waals surface area (Å²) in [5.74, 6) is 1.02. The molecule has 1 fully saturated rings. The standard InChI is InChI=1S/C22H28N2O3/c1-16(2)19-9-8-18(14-17(19)3)27-15-22(25)23-20-6-4-5-7-21(20)24-10-12-26-13-11-24/h4-9,14,16H,10-13,15H2,1-3H3,(H,23,25). The van der Waals surface area contributed by atoms with Gasteiger partial charge in [0.1, 0.15) is 5.75 Å². The second-order valence-electron chi connectivity index (χ2n) is 7.13. The van der Waals surface area contributed by atoms with Crippen LogP contribution in [0.25, 0.3) is 0 Å². The monoisotopic (exact) mass is 368 g/mol. The number of morpholine rings is 1. The van der Waals surface area contributed by atoms with Crippen molar-refractivity contribution in [2.45, 2.75) is 26.7 Å². The molecule has 0 bridgehead atoms. The van der Waals surface area contributed by atoms with Gasteiger partial charge in [-0.15, -0.1) is 0 Å². The van der Waals surface area contributed by atoms with E-state index < -0.39 is 0 Å². The minimum absolute atomic E-state index is 0.0160. The highest BCUT2D eigenvalue weighted by Crippen LogP contribution is 2.27. The summed E-state index contributed by atoms with van der Waals surface area (Å²) in [6, 6.07) is 13.8. The molecule has 1 N–H and O–H groups in total. The van der Waals surface area contributed by atoms with Crippen molar-refractivity contribution in [3.05, 3.63) is 53.6 Å². The molecule has 1 amide bonds. The Morgan fingerprint density at radius 1 is 1.19 bits per heavy atom. The van der Waals surface area contributed by atoms with E-state index in [0.717, 1.165) is 24.5 Å². The number of aryl methyl sites for hydroxylation is 1. The summed E-state index contributed by atoms with van der Waals surface area (Å²) in [7, 11) is 0. The van der Waals surface area contributed by atoms with Gasteiger partial charge >= 0.3 is 0 Å². The Bertz CT molecular complexity index is 783. The van der Waals surface area contributed by atoms with Crippen molar-refractivity contribution < 1.29 is 14.3 Å². The molecule has 5 nitrogen and oxygen atoms in total. The predicted molar refractivity (Wildman–Crippen MR) is 109 cm³/mol. The Kier molecular flexibility index (Phi) is 6.35. The van der Waals surface area contributed by atoms with E-state index in [1.54, 1.807) is 0 Å². The first-order chi connectivity index (χ1) is 13.0. The fourth-order valence-electron chi connectivity index (χ4n) is 3.38. The summed E-state index contributed by atoms with van der Waals surface area (Å²) in [6.07, 6.45) is 0. The molecule has 1 heterocycles. The van der Waals surface area contributed by atoms with Gasteiger partial charge in [0, 0.05) is 13.1 Å². The largest absolute Gasteiger partial charge is 0.484 e. The quantitative estimate of drug-likeness (QED) is 0.838. The van der Waals surface area contributed by atoms with Crippen LogP contribution in [0, 0.1) is 6.92 Å². The highest BCUT2D eigenvalue weighted by Gasteiger charge is 2.16. The lowest BCUT2D eigenvalue weighted by Gasteiger charge is -2.30. The number of carbonyl (C=O) groups excluding carboxylic acids is 1. The smallest absolute Gasteiger partial charge is 0.262 e. The second kappa shape index (κ2) is 8.91. The Morgan fingerprint density at radius 3 is 2.63 bits per heavy atom. The lowest BCUT2D eigenvalue weighted by molar-refractivity contribution is -0.118. The zero-order valence-electron chi connectivity index (χ0n) is 16.3. The van der Waals surface area contributed by atoms with Crippen LogP contribution < -0.4 is 15.0 Å². The molecule has 5 heteroatoms. The normalized spacial score (nSPS) is 14.3. The molecular formula is C22H28N2O3. The fraction of sp³-hybridized carbons (Fsp3) is 0.409. The van der Waals surface area contributed by atoms with E-state index in [9.17, 15) is 4.79 Å². The molecule has 1 saturated heterocycles. The van der Waals surface area contributed by atoms with Gasteiger partial charge in [-0.25, -0.2) is 0 Å². The third-order valence-corrected chi connectivity index (χ3v) is 4.76. The molecule has 0 aromatic heterocycles. The van der Waals surface area contributed by atoms with E-state index in [2.05, 4.69) is 37.1 Å². The Morgan fingerprint density at radius 2 is 1.93 bits per heavy atom. The molecule has 0 saturated carbocycles. The highest BCUT2D eigenvalue weighted by molar-refractivity contribution is 5.95. The number of hydrogen-bond acceptors (Lipinski definition) is 4. The SMILES string of the molecule is Cc1cc(OCC(=O)Nc2ccccc2N2CCOCC2)ccc1C(C)C. The molecule has 3 rings (SSSR count). The number of nitrogens with one attached hydrogen (secondary N) is 1. The van der Waals surface area contributed by atoms with Crippen LogP contribution in [0.15, 0.2) is 42.5 Å². The van der Waals surface area contributed by atoms with Crippen LogP contribution >= 0.6 is 0 Å². The number of benzene rings is 2. The van der Waals surface area contributed by atoms with E-state index >= 15 is 0 Å². The first-order valence-corrected chi connectivity index (χ1v) is 9.49. The lowest BCUT2D eigenvalue weighted by atomic mass is 9.98. The van der Waals surface area contributed by atoms with Crippen LogP contribution in [0.5, 0.6) is 5.75 Å². The highest BCUT2D eigenvalue weighted by atomic mass is 16.5. The molecule has 27 heavy (non-hydrogen) atoms. The van der Waals surface area contributed by atoms with Crippen LogP contribution in [0.2, 0.25) is 0 Å². The van der Waals surface area contributed by atoms with Crippen molar-refractivity contribution in [2.24, 2.45) is 0 Å². The third kappa shape index (κ3) is 5.01. The van der Waals surface area contributed by atoms with Gasteiger partial charge in [-0.2, -0.15) is 0 Å². The molecule has 0 aliphatic carbocycles. The average Bonchev–Trinajstić information content (AvgIpc) is 2.67. The number of ether oxygens (including phenoxy) is 2. The van der Waals surface area contributed by atoms with Gasteiger partial charge < -0.3 is 19.7 Å². The Labute approximate surface area is 161 Å². The molecule has 2 aromatic rings. The number of carbonyl (C=O) groups is 1. The summed E-state index contributed by atoms with van der Waals surface area (Å²) in [5.41, 5.74) is 4.30. The molecule has 0 unspecified atom stereocenters. The van der Waals surface area contributed by atoms with Crippen molar-refractivity contribution in [1.29, 1.82) is 0 Å². The minimum atomic E-state index is -0.165. The van der Waals surface area contributed by atoms with Gasteiger partial charge in [-0.1, -0.05) is 32.0 Å². The zero-order chi connectivity index (χ0) is 19.2. The second-order valence-corrected chi connectivity index (χ2v) is 7.13. The first-order valence-electron chi connectivity index (χ1n) is 9.49. The number of hydrogen-bond donors (Lipinski definition) is 1. The molecule has 144 valence electrons. The van der Waals surface area contributed by atoms with Crippen LogP contribution in [0.3, 0.4) is 0 Å². The molecular weight excluding hydrogens is 340 g/mol. The van der Waals surface area contributed by atoms with Crippen molar-refractivity contribution in [1.82, 2.24) is 0 Å². The van der Waals surface area contributed by atoms with E-state index in [0.29, 0.717) is 24.9 Å². The first kappa shape index (κ1) is 19.2. The number of para-hydroxylation sites is 2. The summed E-state index contributed by atoms with van der Waals surface area (Å²) in [4.78, 5) is 14.6. The Balaban J connectivity index is 1.61. The third-order valence-electron chi connectivity index (χ3n) is 4.76. The molecule has 2 aromatic carbocycles. The fourth-order valence-corrected chi connectivity index (χ4v) is 3.38. The van der Waals surface area contributed by atoms with Gasteiger partial charge in [-0.3, -0.25) is 4.79 Å². The summed E-state index contributed by atoms with van der Waals surface area (Å²) >= 11 is 0. The number of amides is 1. The van der Waals surface area contributed by atoms with Gasteiger partial charge in [0.2, 0.25) is 0 Å².